The van der Waals surface area contributed by atoms with Crippen LogP contribution < -0.4 is 11.1 Å². The van der Waals surface area contributed by atoms with Gasteiger partial charge >= 0.3 is 5.97 Å². The molecule has 0 aliphatic carbocycles. The smallest absolute Gasteiger partial charge is 0.337 e. The number of aromatic nitrogens is 2. The van der Waals surface area contributed by atoms with E-state index in [4.69, 9.17) is 10.8 Å². The van der Waals surface area contributed by atoms with Crippen LogP contribution in [-0.2, 0) is 6.42 Å². The fraction of sp³-hybridized carbons (Fsp3) is 0.154. The molecule has 2 aromatic heterocycles. The number of carboxylic acid groups (broad SMARTS) is 1. The van der Waals surface area contributed by atoms with Crippen LogP contribution in [0.25, 0.3) is 0 Å². The Morgan fingerprint density at radius 1 is 1.37 bits per heavy atom. The molecule has 2 rings (SSSR count). The van der Waals surface area contributed by atoms with Gasteiger partial charge in [0.1, 0.15) is 5.82 Å². The third kappa shape index (κ3) is 3.41. The third-order valence-electron chi connectivity index (χ3n) is 2.63. The Bertz CT molecular complexity index is 572. The Morgan fingerprint density at radius 3 is 2.79 bits per heavy atom. The van der Waals surface area contributed by atoms with Crippen LogP contribution in [0.4, 0.5) is 11.5 Å². The first-order valence-corrected chi connectivity index (χ1v) is 5.78. The topological polar surface area (TPSA) is 101 Å². The number of nitrogens with one attached hydrogen (secondary N) is 1. The summed E-state index contributed by atoms with van der Waals surface area (Å²) in [7, 11) is 0. The van der Waals surface area contributed by atoms with Crippen LogP contribution in [0.5, 0.6) is 0 Å². The van der Waals surface area contributed by atoms with Gasteiger partial charge in [0.2, 0.25) is 0 Å². The lowest BCUT2D eigenvalue weighted by Gasteiger charge is -2.07. The van der Waals surface area contributed by atoms with E-state index in [1.54, 1.807) is 12.4 Å². The van der Waals surface area contributed by atoms with E-state index in [1.807, 2.05) is 12.1 Å². The predicted octanol–water partition coefficient (Wildman–Crippen LogP) is 1.41. The second-order valence-corrected chi connectivity index (χ2v) is 3.99. The molecular weight excluding hydrogens is 244 g/mol. The highest BCUT2D eigenvalue weighted by Gasteiger charge is 2.09. The first-order valence-electron chi connectivity index (χ1n) is 5.78. The number of nitrogens with two attached hydrogens (primary N) is 1. The maximum atomic E-state index is 10.9. The number of rotatable bonds is 5. The van der Waals surface area contributed by atoms with Gasteiger partial charge in [-0.3, -0.25) is 4.98 Å². The molecule has 0 radical (unpaired) electrons. The van der Waals surface area contributed by atoms with Crippen molar-refractivity contribution >= 4 is 17.5 Å². The molecule has 0 atom stereocenters. The monoisotopic (exact) mass is 258 g/mol. The largest absolute Gasteiger partial charge is 0.478 e. The highest BCUT2D eigenvalue weighted by molar-refractivity contribution is 5.94. The highest BCUT2D eigenvalue weighted by Crippen LogP contribution is 2.14. The van der Waals surface area contributed by atoms with Gasteiger partial charge in [-0.1, -0.05) is 0 Å². The second kappa shape index (κ2) is 5.81. The van der Waals surface area contributed by atoms with Gasteiger partial charge in [0.15, 0.2) is 0 Å². The molecule has 0 bridgehead atoms. The van der Waals surface area contributed by atoms with Crippen LogP contribution in [0.3, 0.4) is 0 Å². The predicted molar refractivity (Wildman–Crippen MR) is 72.0 cm³/mol. The van der Waals surface area contributed by atoms with Crippen molar-refractivity contribution in [3.8, 4) is 0 Å². The van der Waals surface area contributed by atoms with Crippen molar-refractivity contribution < 1.29 is 9.90 Å². The van der Waals surface area contributed by atoms with Crippen LogP contribution in [0.2, 0.25) is 0 Å². The van der Waals surface area contributed by atoms with Gasteiger partial charge in [-0.2, -0.15) is 0 Å². The van der Waals surface area contributed by atoms with E-state index in [2.05, 4.69) is 15.3 Å². The Kier molecular flexibility index (Phi) is 3.92. The van der Waals surface area contributed by atoms with Crippen molar-refractivity contribution in [2.24, 2.45) is 0 Å². The summed E-state index contributed by atoms with van der Waals surface area (Å²) in [5.41, 5.74) is 6.90. The highest BCUT2D eigenvalue weighted by atomic mass is 16.4. The van der Waals surface area contributed by atoms with Crippen molar-refractivity contribution in [3.63, 3.8) is 0 Å². The fourth-order valence-corrected chi connectivity index (χ4v) is 1.63. The number of nitrogens with zero attached hydrogens (tertiary/aromatic N) is 2. The lowest BCUT2D eigenvalue weighted by atomic mass is 10.2. The van der Waals surface area contributed by atoms with Crippen molar-refractivity contribution in [2.75, 3.05) is 17.6 Å². The van der Waals surface area contributed by atoms with Crippen LogP contribution in [0, 0.1) is 0 Å². The van der Waals surface area contributed by atoms with Crippen LogP contribution >= 0.6 is 0 Å². The van der Waals surface area contributed by atoms with E-state index >= 15 is 0 Å². The first kappa shape index (κ1) is 12.8. The summed E-state index contributed by atoms with van der Waals surface area (Å²) < 4.78 is 0. The maximum absolute atomic E-state index is 10.9. The normalized spacial score (nSPS) is 10.1. The van der Waals surface area contributed by atoms with E-state index in [0.717, 1.165) is 12.0 Å². The summed E-state index contributed by atoms with van der Waals surface area (Å²) in [5.74, 6) is -0.558. The van der Waals surface area contributed by atoms with E-state index in [9.17, 15) is 4.79 Å². The molecule has 4 N–H and O–H groups in total. The Labute approximate surface area is 110 Å². The standard InChI is InChI=1S/C13H14N4O2/c14-11-8-17-12(7-10(11)13(18)19)16-6-3-9-1-4-15-5-2-9/h1-2,4-5,7-8H,3,6,14H2,(H,16,17)(H,18,19). The number of carbonyl (C=O) groups is 1. The number of carboxylic acids is 1. The summed E-state index contributed by atoms with van der Waals surface area (Å²) in [5, 5.41) is 12.0. The van der Waals surface area contributed by atoms with E-state index in [-0.39, 0.29) is 11.3 Å². The molecule has 0 aliphatic rings. The quantitative estimate of drug-likeness (QED) is 0.749. The number of hydrogen-bond acceptors (Lipinski definition) is 5. The zero-order chi connectivity index (χ0) is 13.7. The van der Waals surface area contributed by atoms with Crippen LogP contribution in [0.15, 0.2) is 36.8 Å². The van der Waals surface area contributed by atoms with E-state index in [0.29, 0.717) is 12.4 Å². The van der Waals surface area contributed by atoms with Gasteiger partial charge in [-0.25, -0.2) is 9.78 Å². The van der Waals surface area contributed by atoms with Gasteiger partial charge in [0.05, 0.1) is 17.4 Å². The number of hydrogen-bond donors (Lipinski definition) is 3. The summed E-state index contributed by atoms with van der Waals surface area (Å²) >= 11 is 0. The molecule has 0 saturated carbocycles. The van der Waals surface area contributed by atoms with Crippen LogP contribution in [-0.4, -0.2) is 27.6 Å². The zero-order valence-corrected chi connectivity index (χ0v) is 10.2. The molecule has 0 aliphatic heterocycles. The number of anilines is 2. The molecule has 19 heavy (non-hydrogen) atoms. The average molecular weight is 258 g/mol. The van der Waals surface area contributed by atoms with Crippen LogP contribution in [0.1, 0.15) is 15.9 Å². The molecule has 98 valence electrons. The molecular formula is C13H14N4O2. The van der Waals surface area contributed by atoms with Gasteiger partial charge < -0.3 is 16.2 Å². The number of nitrogen functional groups attached to an aromatic ring is 1. The first-order chi connectivity index (χ1) is 9.16. The van der Waals surface area contributed by atoms with Crippen molar-refractivity contribution in [1.82, 2.24) is 9.97 Å². The zero-order valence-electron chi connectivity index (χ0n) is 10.2. The van der Waals surface area contributed by atoms with Gasteiger partial charge in [-0.15, -0.1) is 0 Å². The third-order valence-corrected chi connectivity index (χ3v) is 2.63. The minimum absolute atomic E-state index is 0.0569. The Hall–Kier alpha value is -2.63. The summed E-state index contributed by atoms with van der Waals surface area (Å²) in [6, 6.07) is 5.30. The maximum Gasteiger partial charge on any atom is 0.337 e. The van der Waals surface area contributed by atoms with Crippen molar-refractivity contribution in [3.05, 3.63) is 47.9 Å². The molecule has 0 spiro atoms. The van der Waals surface area contributed by atoms with E-state index in [1.165, 1.54) is 12.3 Å². The fourth-order valence-electron chi connectivity index (χ4n) is 1.63. The molecule has 0 amide bonds. The Balaban J connectivity index is 1.97. The van der Waals surface area contributed by atoms with E-state index < -0.39 is 5.97 Å². The lowest BCUT2D eigenvalue weighted by Crippen LogP contribution is -2.09. The minimum atomic E-state index is -1.06. The number of pyridine rings is 2. The Morgan fingerprint density at radius 2 is 2.11 bits per heavy atom. The molecule has 0 saturated heterocycles. The molecule has 0 aromatic carbocycles. The molecule has 2 heterocycles. The average Bonchev–Trinajstić information content (AvgIpc) is 2.41. The molecule has 0 fully saturated rings. The van der Waals surface area contributed by atoms with Crippen molar-refractivity contribution in [2.45, 2.75) is 6.42 Å². The molecule has 2 aromatic rings. The SMILES string of the molecule is Nc1cnc(NCCc2ccncc2)cc1C(=O)O. The second-order valence-electron chi connectivity index (χ2n) is 3.99. The van der Waals surface area contributed by atoms with Gasteiger partial charge in [0, 0.05) is 18.9 Å². The summed E-state index contributed by atoms with van der Waals surface area (Å²) in [6.07, 6.45) is 5.62. The van der Waals surface area contributed by atoms with Gasteiger partial charge in [-0.05, 0) is 30.2 Å². The lowest BCUT2D eigenvalue weighted by molar-refractivity contribution is 0.0698. The molecule has 6 heteroatoms. The van der Waals surface area contributed by atoms with Gasteiger partial charge in [0.25, 0.3) is 0 Å². The number of aromatic carboxylic acids is 1. The van der Waals surface area contributed by atoms with Crippen molar-refractivity contribution in [1.29, 1.82) is 0 Å². The minimum Gasteiger partial charge on any atom is -0.478 e. The summed E-state index contributed by atoms with van der Waals surface area (Å²) in [6.45, 7) is 0.653. The molecule has 6 nitrogen and oxygen atoms in total. The molecule has 0 unspecified atom stereocenters. The summed E-state index contributed by atoms with van der Waals surface area (Å²) in [4.78, 5) is 18.9.